The lowest BCUT2D eigenvalue weighted by Crippen LogP contribution is -2.67. The van der Waals surface area contributed by atoms with Gasteiger partial charge in [0.05, 0.1) is 5.70 Å². The molecular formula is C22H35N5O3S. The first-order valence-corrected chi connectivity index (χ1v) is 11.8. The average molecular weight is 450 g/mol. The van der Waals surface area contributed by atoms with Gasteiger partial charge in [0.25, 0.3) is 5.91 Å². The Hall–Kier alpha value is -2.10. The van der Waals surface area contributed by atoms with E-state index in [1.807, 2.05) is 20.8 Å². The van der Waals surface area contributed by atoms with Crippen LogP contribution in [-0.4, -0.2) is 70.8 Å². The zero-order chi connectivity index (χ0) is 23.3. The van der Waals surface area contributed by atoms with Gasteiger partial charge in [-0.05, 0) is 39.0 Å². The third-order valence-electron chi connectivity index (χ3n) is 5.58. The van der Waals surface area contributed by atoms with Gasteiger partial charge in [-0.2, -0.15) is 0 Å². The zero-order valence-electron chi connectivity index (χ0n) is 19.7. The Morgan fingerprint density at radius 2 is 1.65 bits per heavy atom. The molecule has 1 heterocycles. The lowest BCUT2D eigenvalue weighted by molar-refractivity contribution is -0.0551. The number of thiazole rings is 1. The fraction of sp³-hybridized carbons (Fsp3) is 0.636. The number of rotatable bonds is 11. The molecule has 0 radical (unpaired) electrons. The van der Waals surface area contributed by atoms with Crippen molar-refractivity contribution in [3.8, 4) is 0 Å². The molecule has 0 bridgehead atoms. The summed E-state index contributed by atoms with van der Waals surface area (Å²) in [6, 6.07) is 0. The van der Waals surface area contributed by atoms with E-state index in [1.165, 1.54) is 6.08 Å². The van der Waals surface area contributed by atoms with Crippen LogP contribution in [0, 0.1) is 5.92 Å². The first-order chi connectivity index (χ1) is 14.6. The normalized spacial score (nSPS) is 14.3. The molecule has 1 aromatic rings. The Balaban J connectivity index is 2.36. The van der Waals surface area contributed by atoms with E-state index < -0.39 is 5.79 Å². The Kier molecular flexibility index (Phi) is 8.50. The van der Waals surface area contributed by atoms with Crippen LogP contribution in [0.25, 0.3) is 0 Å². The van der Waals surface area contributed by atoms with Gasteiger partial charge in [0.15, 0.2) is 10.8 Å². The van der Waals surface area contributed by atoms with E-state index >= 15 is 0 Å². The number of allylic oxidation sites excluding steroid dienone is 2. The molecule has 0 aromatic carbocycles. The molecular weight excluding hydrogens is 414 g/mol. The standard InChI is InChI=1S/C22H35N5O3S/c1-8-26(9-2)22(7,27(10-3)11-4)25-15-12-16(28)19-17(18(15)29)24-21(31-19)20(30)23-13-14(5)6/h12,14,25H,8-11,13H2,1-7H3,(H,23,30). The quantitative estimate of drug-likeness (QED) is 0.502. The van der Waals surface area contributed by atoms with Crippen molar-refractivity contribution in [2.45, 2.75) is 54.3 Å². The molecule has 0 aliphatic heterocycles. The number of nitrogens with one attached hydrogen (secondary N) is 2. The van der Waals surface area contributed by atoms with Gasteiger partial charge in [0.1, 0.15) is 16.4 Å². The topological polar surface area (TPSA) is 94.6 Å². The minimum absolute atomic E-state index is 0.0520. The van der Waals surface area contributed by atoms with E-state index in [1.54, 1.807) is 0 Å². The first-order valence-electron chi connectivity index (χ1n) is 11.0. The predicted octanol–water partition coefficient (Wildman–Crippen LogP) is 2.74. The van der Waals surface area contributed by atoms with Gasteiger partial charge in [0.2, 0.25) is 5.78 Å². The maximum Gasteiger partial charge on any atom is 0.280 e. The molecule has 1 aliphatic carbocycles. The fourth-order valence-corrected chi connectivity index (χ4v) is 4.77. The number of nitrogens with zero attached hydrogens (tertiary/aromatic N) is 3. The molecule has 1 amide bonds. The predicted molar refractivity (Wildman–Crippen MR) is 123 cm³/mol. The van der Waals surface area contributed by atoms with E-state index in [0.29, 0.717) is 6.54 Å². The van der Waals surface area contributed by atoms with Gasteiger partial charge in [-0.3, -0.25) is 24.2 Å². The van der Waals surface area contributed by atoms with Gasteiger partial charge in [-0.1, -0.05) is 41.5 Å². The molecule has 172 valence electrons. The summed E-state index contributed by atoms with van der Waals surface area (Å²) in [5, 5.41) is 6.27. The van der Waals surface area contributed by atoms with Gasteiger partial charge in [-0.15, -0.1) is 11.3 Å². The lowest BCUT2D eigenvalue weighted by atomic mass is 10.0. The second kappa shape index (κ2) is 10.5. The van der Waals surface area contributed by atoms with E-state index in [0.717, 1.165) is 37.5 Å². The average Bonchev–Trinajstić information content (AvgIpc) is 3.18. The summed E-state index contributed by atoms with van der Waals surface area (Å²) in [5.41, 5.74) is 0.259. The maximum atomic E-state index is 13.2. The second-order valence-electron chi connectivity index (χ2n) is 8.04. The first kappa shape index (κ1) is 25.2. The van der Waals surface area contributed by atoms with Crippen molar-refractivity contribution >= 4 is 28.8 Å². The molecule has 0 saturated heterocycles. The molecule has 2 rings (SSSR count). The number of aromatic nitrogens is 1. The van der Waals surface area contributed by atoms with Crippen LogP contribution in [-0.2, 0) is 0 Å². The summed E-state index contributed by atoms with van der Waals surface area (Å²) in [5.74, 6) is -1.39. The van der Waals surface area contributed by atoms with Gasteiger partial charge < -0.3 is 10.6 Å². The summed E-state index contributed by atoms with van der Waals surface area (Å²) in [6.07, 6.45) is 1.34. The summed E-state index contributed by atoms with van der Waals surface area (Å²) < 4.78 is 0. The highest BCUT2D eigenvalue weighted by atomic mass is 32.1. The summed E-state index contributed by atoms with van der Waals surface area (Å²) in [4.78, 5) is 47.3. The molecule has 9 heteroatoms. The number of fused-ring (bicyclic) bond motifs is 1. The highest BCUT2D eigenvalue weighted by Crippen LogP contribution is 2.28. The number of ketones is 2. The number of carbonyl (C=O) groups excluding carboxylic acids is 3. The summed E-state index contributed by atoms with van der Waals surface area (Å²) in [6.45, 7) is 17.9. The Bertz CT molecular complexity index is 841. The largest absolute Gasteiger partial charge is 0.352 e. The van der Waals surface area contributed by atoms with E-state index in [9.17, 15) is 14.4 Å². The van der Waals surface area contributed by atoms with Crippen molar-refractivity contribution in [1.29, 1.82) is 0 Å². The highest BCUT2D eigenvalue weighted by molar-refractivity contribution is 7.16. The highest BCUT2D eigenvalue weighted by Gasteiger charge is 2.39. The van der Waals surface area contributed by atoms with Crippen LogP contribution in [0.2, 0.25) is 0 Å². The molecule has 0 fully saturated rings. The molecule has 8 nitrogen and oxygen atoms in total. The summed E-state index contributed by atoms with van der Waals surface area (Å²) >= 11 is 0.971. The van der Waals surface area contributed by atoms with Crippen molar-refractivity contribution in [2.24, 2.45) is 5.92 Å². The van der Waals surface area contributed by atoms with Gasteiger partial charge >= 0.3 is 0 Å². The molecule has 2 N–H and O–H groups in total. The molecule has 1 aromatic heterocycles. The Morgan fingerprint density at radius 1 is 1.10 bits per heavy atom. The van der Waals surface area contributed by atoms with Crippen LogP contribution in [0.5, 0.6) is 0 Å². The van der Waals surface area contributed by atoms with Crippen molar-refractivity contribution in [3.63, 3.8) is 0 Å². The lowest BCUT2D eigenvalue weighted by Gasteiger charge is -2.49. The van der Waals surface area contributed by atoms with Crippen LogP contribution in [0.3, 0.4) is 0 Å². The zero-order valence-corrected chi connectivity index (χ0v) is 20.5. The van der Waals surface area contributed by atoms with E-state index in [2.05, 4.69) is 53.1 Å². The second-order valence-corrected chi connectivity index (χ2v) is 9.04. The van der Waals surface area contributed by atoms with E-state index in [-0.39, 0.29) is 44.7 Å². The number of amides is 1. The van der Waals surface area contributed by atoms with Crippen LogP contribution < -0.4 is 10.6 Å². The number of Topliss-reactive ketones (excluding diaryl/α,β-unsaturated/α-hetero) is 1. The van der Waals surface area contributed by atoms with Crippen LogP contribution >= 0.6 is 11.3 Å². The molecule has 0 spiro atoms. The number of hydrogen-bond acceptors (Lipinski definition) is 8. The van der Waals surface area contributed by atoms with Crippen molar-refractivity contribution in [3.05, 3.63) is 27.4 Å². The van der Waals surface area contributed by atoms with Crippen molar-refractivity contribution in [1.82, 2.24) is 25.4 Å². The van der Waals surface area contributed by atoms with Crippen molar-refractivity contribution < 1.29 is 14.4 Å². The minimum atomic E-state index is -0.653. The molecule has 1 aliphatic rings. The van der Waals surface area contributed by atoms with Crippen LogP contribution in [0.1, 0.15) is 78.4 Å². The van der Waals surface area contributed by atoms with Crippen LogP contribution in [0.4, 0.5) is 0 Å². The number of carbonyl (C=O) groups is 3. The Morgan fingerprint density at radius 3 is 2.13 bits per heavy atom. The summed E-state index contributed by atoms with van der Waals surface area (Å²) in [7, 11) is 0. The maximum absolute atomic E-state index is 13.2. The van der Waals surface area contributed by atoms with E-state index in [4.69, 9.17) is 0 Å². The monoisotopic (exact) mass is 449 g/mol. The van der Waals surface area contributed by atoms with Crippen molar-refractivity contribution in [2.75, 3.05) is 32.7 Å². The SMILES string of the molecule is CCN(CC)C(C)(NC1=CC(=O)c2sc(C(=O)NCC(C)C)nc2C1=O)N(CC)CC. The number of hydrogen-bond donors (Lipinski definition) is 2. The third kappa shape index (κ3) is 5.22. The molecule has 31 heavy (non-hydrogen) atoms. The third-order valence-corrected chi connectivity index (χ3v) is 6.65. The molecule has 0 atom stereocenters. The fourth-order valence-electron chi connectivity index (χ4n) is 3.89. The molecule has 0 saturated carbocycles. The minimum Gasteiger partial charge on any atom is -0.352 e. The molecule has 0 unspecified atom stereocenters. The Labute approximate surface area is 189 Å². The van der Waals surface area contributed by atoms with Gasteiger partial charge in [-0.25, -0.2) is 4.98 Å². The van der Waals surface area contributed by atoms with Crippen LogP contribution in [0.15, 0.2) is 11.8 Å². The van der Waals surface area contributed by atoms with Gasteiger partial charge in [0, 0.05) is 12.6 Å². The smallest absolute Gasteiger partial charge is 0.280 e.